The second kappa shape index (κ2) is 11.5. The third kappa shape index (κ3) is 6.41. The number of carbonyl (C=O) groups is 1. The Kier molecular flexibility index (Phi) is 8.16. The highest BCUT2D eigenvalue weighted by atomic mass is 19.4. The van der Waals surface area contributed by atoms with Gasteiger partial charge in [0.05, 0.1) is 11.5 Å². The third-order valence-electron chi connectivity index (χ3n) is 6.44. The van der Waals surface area contributed by atoms with Crippen molar-refractivity contribution in [3.8, 4) is 22.3 Å². The van der Waals surface area contributed by atoms with E-state index < -0.39 is 23.6 Å². The van der Waals surface area contributed by atoms with Crippen molar-refractivity contribution in [2.75, 3.05) is 0 Å². The van der Waals surface area contributed by atoms with Crippen molar-refractivity contribution < 1.29 is 23.1 Å². The predicted molar refractivity (Wildman–Crippen MR) is 148 cm³/mol. The Labute approximate surface area is 221 Å². The molecule has 4 aromatic carbocycles. The van der Waals surface area contributed by atoms with E-state index in [0.717, 1.165) is 22.3 Å². The molecule has 0 aromatic heterocycles. The number of hydrogen-bond donors (Lipinski definition) is 1. The summed E-state index contributed by atoms with van der Waals surface area (Å²) in [5, 5.41) is 9.96. The Hall–Kier alpha value is -4.12. The van der Waals surface area contributed by atoms with Gasteiger partial charge in [0.25, 0.3) is 0 Å². The fraction of sp³-hybridized carbons (Fsp3) is 0.182. The summed E-state index contributed by atoms with van der Waals surface area (Å²) >= 11 is 0. The van der Waals surface area contributed by atoms with E-state index in [4.69, 9.17) is 0 Å². The van der Waals surface area contributed by atoms with Crippen LogP contribution in [0.25, 0.3) is 34.4 Å². The zero-order valence-electron chi connectivity index (χ0n) is 21.2. The fourth-order valence-corrected chi connectivity index (χ4v) is 4.65. The molecule has 0 heterocycles. The van der Waals surface area contributed by atoms with Crippen molar-refractivity contribution in [1.82, 2.24) is 0 Å². The quantitative estimate of drug-likeness (QED) is 0.238. The average Bonchev–Trinajstić information content (AvgIpc) is 2.90. The maximum atomic E-state index is 14.5. The summed E-state index contributed by atoms with van der Waals surface area (Å²) in [7, 11) is 0. The molecule has 4 aromatic rings. The Morgan fingerprint density at radius 2 is 1.29 bits per heavy atom. The summed E-state index contributed by atoms with van der Waals surface area (Å²) in [4.78, 5) is 12.2. The van der Waals surface area contributed by atoms with Crippen LogP contribution in [0.3, 0.4) is 0 Å². The van der Waals surface area contributed by atoms with E-state index in [2.05, 4.69) is 0 Å². The lowest BCUT2D eigenvalue weighted by molar-refractivity contribution is -0.142. The van der Waals surface area contributed by atoms with E-state index in [9.17, 15) is 23.1 Å². The van der Waals surface area contributed by atoms with E-state index >= 15 is 0 Å². The molecule has 0 saturated heterocycles. The Balaban J connectivity index is 1.85. The van der Waals surface area contributed by atoms with E-state index in [1.54, 1.807) is 30.3 Å². The van der Waals surface area contributed by atoms with E-state index in [1.807, 2.05) is 74.5 Å². The van der Waals surface area contributed by atoms with E-state index in [-0.39, 0.29) is 23.5 Å². The van der Waals surface area contributed by atoms with Gasteiger partial charge in [0.2, 0.25) is 0 Å². The highest BCUT2D eigenvalue weighted by Gasteiger charge is 2.39. The zero-order valence-corrected chi connectivity index (χ0v) is 21.2. The molecule has 5 heteroatoms. The minimum Gasteiger partial charge on any atom is -0.481 e. The lowest BCUT2D eigenvalue weighted by atomic mass is 9.83. The smallest absolute Gasteiger partial charge is 0.417 e. The van der Waals surface area contributed by atoms with Crippen LogP contribution in [0.4, 0.5) is 13.2 Å². The van der Waals surface area contributed by atoms with E-state index in [0.29, 0.717) is 5.56 Å². The second-order valence-corrected chi connectivity index (χ2v) is 9.74. The molecular formula is C33H29F3O2. The second-order valence-electron chi connectivity index (χ2n) is 9.74. The molecule has 0 spiro atoms. The monoisotopic (exact) mass is 514 g/mol. The molecule has 0 bridgehead atoms. The summed E-state index contributed by atoms with van der Waals surface area (Å²) in [6, 6.07) is 29.3. The van der Waals surface area contributed by atoms with Gasteiger partial charge in [-0.05, 0) is 63.4 Å². The molecule has 0 radical (unpaired) electrons. The number of carboxylic acid groups (broad SMARTS) is 1. The molecular weight excluding hydrogens is 485 g/mol. The van der Waals surface area contributed by atoms with Crippen molar-refractivity contribution in [3.63, 3.8) is 0 Å². The summed E-state index contributed by atoms with van der Waals surface area (Å²) < 4.78 is 43.6. The lowest BCUT2D eigenvalue weighted by Gasteiger charge is -2.23. The highest BCUT2D eigenvalue weighted by Crippen LogP contribution is 2.42. The molecule has 4 rings (SSSR count). The van der Waals surface area contributed by atoms with Gasteiger partial charge < -0.3 is 5.11 Å². The molecule has 194 valence electrons. The summed E-state index contributed by atoms with van der Waals surface area (Å²) in [6.45, 7) is 3.62. The van der Waals surface area contributed by atoms with Crippen molar-refractivity contribution in [1.29, 1.82) is 0 Å². The topological polar surface area (TPSA) is 37.3 Å². The van der Waals surface area contributed by atoms with Gasteiger partial charge >= 0.3 is 12.1 Å². The summed E-state index contributed by atoms with van der Waals surface area (Å²) in [5.41, 5.74) is 2.89. The number of hydrogen-bond acceptors (Lipinski definition) is 1. The maximum Gasteiger partial charge on any atom is 0.417 e. The van der Waals surface area contributed by atoms with Gasteiger partial charge in [0.15, 0.2) is 0 Å². The normalized spacial score (nSPS) is 12.7. The van der Waals surface area contributed by atoms with E-state index in [1.165, 1.54) is 18.2 Å². The molecule has 0 aliphatic carbocycles. The molecule has 0 saturated carbocycles. The van der Waals surface area contributed by atoms with Gasteiger partial charge in [-0.25, -0.2) is 0 Å². The highest BCUT2D eigenvalue weighted by molar-refractivity contribution is 5.82. The zero-order chi connectivity index (χ0) is 27.3. The van der Waals surface area contributed by atoms with Crippen LogP contribution in [-0.4, -0.2) is 11.1 Å². The fourth-order valence-electron chi connectivity index (χ4n) is 4.65. The number of carboxylic acids is 1. The number of alkyl halides is 3. The summed E-state index contributed by atoms with van der Waals surface area (Å²) in [6.07, 6.45) is -1.56. The van der Waals surface area contributed by atoms with Crippen molar-refractivity contribution >= 4 is 18.1 Å². The number of benzene rings is 4. The Morgan fingerprint density at radius 3 is 1.79 bits per heavy atom. The lowest BCUT2D eigenvalue weighted by Crippen LogP contribution is -2.20. The van der Waals surface area contributed by atoms with Crippen LogP contribution in [0.15, 0.2) is 97.1 Å². The van der Waals surface area contributed by atoms with Crippen molar-refractivity contribution in [2.24, 2.45) is 5.92 Å². The SMILES string of the molecule is CC(C)CC(C(=O)O)c1cc(-c2ccccc2)cc(C=Cc2ccc(-c3ccccc3)cc2)c1C(F)(F)F. The van der Waals surface area contributed by atoms with Crippen molar-refractivity contribution in [3.05, 3.63) is 119 Å². The molecule has 1 N–H and O–H groups in total. The van der Waals surface area contributed by atoms with Crippen LogP contribution in [-0.2, 0) is 11.0 Å². The van der Waals surface area contributed by atoms with Gasteiger partial charge in [-0.1, -0.05) is 111 Å². The Bertz CT molecular complexity index is 1400. The average molecular weight is 515 g/mol. The van der Waals surface area contributed by atoms with Crippen LogP contribution >= 0.6 is 0 Å². The molecule has 0 aliphatic heterocycles. The first-order valence-corrected chi connectivity index (χ1v) is 12.5. The first-order valence-electron chi connectivity index (χ1n) is 12.5. The predicted octanol–water partition coefficient (Wildman–Crippen LogP) is 9.42. The minimum absolute atomic E-state index is 0.0593. The molecule has 2 nitrogen and oxygen atoms in total. The van der Waals surface area contributed by atoms with Gasteiger partial charge in [0, 0.05) is 0 Å². The Morgan fingerprint density at radius 1 is 0.763 bits per heavy atom. The molecule has 1 atom stereocenters. The third-order valence-corrected chi connectivity index (χ3v) is 6.44. The largest absolute Gasteiger partial charge is 0.481 e. The molecule has 0 aliphatic rings. The van der Waals surface area contributed by atoms with Gasteiger partial charge in [-0.3, -0.25) is 4.79 Å². The summed E-state index contributed by atoms with van der Waals surface area (Å²) in [5.74, 6) is -2.65. The number of rotatable bonds is 8. The van der Waals surface area contributed by atoms with Crippen LogP contribution in [0.5, 0.6) is 0 Å². The van der Waals surface area contributed by atoms with Gasteiger partial charge in [-0.15, -0.1) is 0 Å². The van der Waals surface area contributed by atoms with Crippen molar-refractivity contribution in [2.45, 2.75) is 32.4 Å². The van der Waals surface area contributed by atoms with Crippen LogP contribution in [0, 0.1) is 5.92 Å². The van der Waals surface area contributed by atoms with Gasteiger partial charge in [0.1, 0.15) is 0 Å². The molecule has 1 unspecified atom stereocenters. The maximum absolute atomic E-state index is 14.5. The molecule has 0 fully saturated rings. The van der Waals surface area contributed by atoms with Gasteiger partial charge in [-0.2, -0.15) is 13.2 Å². The number of aliphatic carboxylic acids is 1. The molecule has 38 heavy (non-hydrogen) atoms. The standard InChI is InChI=1S/C33H29F3O2/c1-22(2)19-30(32(37)38)29-21-28(25-11-7-4-8-12-25)20-27(31(29)33(34,35)36)18-15-23-13-16-26(17-14-23)24-9-5-3-6-10-24/h3-18,20-22,30H,19H2,1-2H3,(H,37,38). The molecule has 0 amide bonds. The number of halogens is 3. The first-order chi connectivity index (χ1) is 18.1. The van der Waals surface area contributed by atoms with Crippen LogP contribution in [0.1, 0.15) is 48.4 Å². The van der Waals surface area contributed by atoms with Crippen LogP contribution in [0.2, 0.25) is 0 Å². The van der Waals surface area contributed by atoms with Crippen LogP contribution < -0.4 is 0 Å². The first kappa shape index (κ1) is 26.9. The minimum atomic E-state index is -4.73.